The maximum atomic E-state index is 12.2. The lowest BCUT2D eigenvalue weighted by molar-refractivity contribution is -0.130. The number of carbonyl (C=O) groups excluding carboxylic acids is 1. The average molecular weight is 363 g/mol. The van der Waals surface area contributed by atoms with Crippen LogP contribution in [-0.4, -0.2) is 35.5 Å². The van der Waals surface area contributed by atoms with Crippen LogP contribution in [0.1, 0.15) is 27.9 Å². The van der Waals surface area contributed by atoms with Gasteiger partial charge in [0.1, 0.15) is 5.75 Å². The van der Waals surface area contributed by atoms with E-state index in [4.69, 9.17) is 5.11 Å². The van der Waals surface area contributed by atoms with Crippen molar-refractivity contribution in [3.05, 3.63) is 65.2 Å². The first-order valence-electron chi connectivity index (χ1n) is 7.95. The van der Waals surface area contributed by atoms with E-state index in [1.807, 2.05) is 0 Å². The number of carboxylic acid groups (broad SMARTS) is 1. The van der Waals surface area contributed by atoms with Crippen molar-refractivity contribution in [2.24, 2.45) is 0 Å². The first-order valence-corrected chi connectivity index (χ1v) is 7.95. The molecule has 0 heterocycles. The third-order valence-corrected chi connectivity index (χ3v) is 3.82. The lowest BCUT2D eigenvalue weighted by Crippen LogP contribution is -2.26. The van der Waals surface area contributed by atoms with Crippen molar-refractivity contribution in [3.8, 4) is 5.75 Å². The summed E-state index contributed by atoms with van der Waals surface area (Å²) in [5.74, 6) is -0.986. The molecule has 0 saturated heterocycles. The molecule has 0 aliphatic rings. The molecule has 0 fully saturated rings. The zero-order valence-electron chi connectivity index (χ0n) is 14.2. The molecule has 0 atom stereocenters. The second-order valence-corrected chi connectivity index (χ2v) is 5.77. The predicted molar refractivity (Wildman–Crippen MR) is 91.3 cm³/mol. The van der Waals surface area contributed by atoms with Crippen LogP contribution in [0.3, 0.4) is 0 Å². The number of nitrogens with zero attached hydrogens (tertiary/aromatic N) is 1. The maximum absolute atomic E-state index is 12.2. The molecule has 5 nitrogen and oxygen atoms in total. The standard InChI is InChI=1S/C19H19F2NO4/c1-22(12-14-4-9-16(10-5-14)26-19(20)21)17(23)11-6-13-2-7-15(8-3-13)18(24)25/h2-5,7-10,19H,6,11-12H2,1H3,(H,24,25). The number of benzene rings is 2. The van der Waals surface area contributed by atoms with Gasteiger partial charge in [0.25, 0.3) is 0 Å². The molecule has 0 aliphatic heterocycles. The second-order valence-electron chi connectivity index (χ2n) is 5.77. The van der Waals surface area contributed by atoms with Gasteiger partial charge in [-0.05, 0) is 41.8 Å². The molecule has 138 valence electrons. The molecule has 26 heavy (non-hydrogen) atoms. The SMILES string of the molecule is CN(Cc1ccc(OC(F)F)cc1)C(=O)CCc1ccc(C(=O)O)cc1. The number of halogens is 2. The summed E-state index contributed by atoms with van der Waals surface area (Å²) in [6.07, 6.45) is 0.791. The van der Waals surface area contributed by atoms with E-state index in [0.717, 1.165) is 11.1 Å². The van der Waals surface area contributed by atoms with E-state index in [9.17, 15) is 18.4 Å². The Morgan fingerprint density at radius 1 is 1.04 bits per heavy atom. The van der Waals surface area contributed by atoms with Crippen LogP contribution in [0.15, 0.2) is 48.5 Å². The number of hydrogen-bond donors (Lipinski definition) is 1. The first kappa shape index (κ1) is 19.4. The highest BCUT2D eigenvalue weighted by atomic mass is 19.3. The van der Waals surface area contributed by atoms with Gasteiger partial charge in [-0.2, -0.15) is 8.78 Å². The molecule has 2 aromatic rings. The maximum Gasteiger partial charge on any atom is 0.387 e. The van der Waals surface area contributed by atoms with E-state index in [2.05, 4.69) is 4.74 Å². The zero-order chi connectivity index (χ0) is 19.1. The lowest BCUT2D eigenvalue weighted by atomic mass is 10.1. The fraction of sp³-hybridized carbons (Fsp3) is 0.263. The fourth-order valence-electron chi connectivity index (χ4n) is 2.39. The highest BCUT2D eigenvalue weighted by Crippen LogP contribution is 2.16. The van der Waals surface area contributed by atoms with Gasteiger partial charge >= 0.3 is 12.6 Å². The van der Waals surface area contributed by atoms with Crippen LogP contribution in [0, 0.1) is 0 Å². The molecule has 0 bridgehead atoms. The number of aryl methyl sites for hydroxylation is 1. The van der Waals surface area contributed by atoms with Crippen molar-refractivity contribution < 1.29 is 28.2 Å². The van der Waals surface area contributed by atoms with Crippen LogP contribution < -0.4 is 4.74 Å². The van der Waals surface area contributed by atoms with Gasteiger partial charge in [-0.15, -0.1) is 0 Å². The minimum absolute atomic E-state index is 0.0692. The summed E-state index contributed by atoms with van der Waals surface area (Å²) in [6.45, 7) is -2.51. The first-order chi connectivity index (χ1) is 12.3. The van der Waals surface area contributed by atoms with Crippen LogP contribution in [0.2, 0.25) is 0 Å². The normalized spacial score (nSPS) is 10.6. The highest BCUT2D eigenvalue weighted by Gasteiger charge is 2.11. The van der Waals surface area contributed by atoms with E-state index < -0.39 is 12.6 Å². The van der Waals surface area contributed by atoms with Gasteiger partial charge in [-0.1, -0.05) is 24.3 Å². The van der Waals surface area contributed by atoms with Crippen molar-refractivity contribution >= 4 is 11.9 Å². The van der Waals surface area contributed by atoms with Gasteiger partial charge in [0.2, 0.25) is 5.91 Å². The Morgan fingerprint density at radius 2 is 1.62 bits per heavy atom. The van der Waals surface area contributed by atoms with E-state index in [-0.39, 0.29) is 23.6 Å². The Morgan fingerprint density at radius 3 is 2.15 bits per heavy atom. The van der Waals surface area contributed by atoms with Gasteiger partial charge in [0.05, 0.1) is 5.56 Å². The Labute approximate surface area is 149 Å². The number of aromatic carboxylic acids is 1. The minimum atomic E-state index is -2.87. The van der Waals surface area contributed by atoms with Crippen molar-refractivity contribution in [3.63, 3.8) is 0 Å². The second kappa shape index (κ2) is 8.94. The van der Waals surface area contributed by atoms with E-state index in [1.165, 1.54) is 24.3 Å². The van der Waals surface area contributed by atoms with E-state index in [0.29, 0.717) is 13.0 Å². The van der Waals surface area contributed by atoms with Crippen molar-refractivity contribution in [2.45, 2.75) is 26.0 Å². The average Bonchev–Trinajstić information content (AvgIpc) is 2.61. The number of hydrogen-bond acceptors (Lipinski definition) is 3. The van der Waals surface area contributed by atoms with Gasteiger partial charge in [0.15, 0.2) is 0 Å². The molecule has 2 rings (SSSR count). The monoisotopic (exact) mass is 363 g/mol. The van der Waals surface area contributed by atoms with Gasteiger partial charge in [-0.3, -0.25) is 4.79 Å². The number of carboxylic acids is 1. The van der Waals surface area contributed by atoms with Gasteiger partial charge in [-0.25, -0.2) is 4.79 Å². The molecule has 7 heteroatoms. The molecular weight excluding hydrogens is 344 g/mol. The largest absolute Gasteiger partial charge is 0.478 e. The summed E-state index contributed by atoms with van der Waals surface area (Å²) in [5, 5.41) is 8.86. The van der Waals surface area contributed by atoms with Crippen molar-refractivity contribution in [2.75, 3.05) is 7.05 Å². The number of amides is 1. The summed E-state index contributed by atoms with van der Waals surface area (Å²) in [5.41, 5.74) is 1.88. The molecule has 2 aromatic carbocycles. The molecule has 0 aromatic heterocycles. The van der Waals surface area contributed by atoms with E-state index >= 15 is 0 Å². The summed E-state index contributed by atoms with van der Waals surface area (Å²) >= 11 is 0. The highest BCUT2D eigenvalue weighted by molar-refractivity contribution is 5.87. The summed E-state index contributed by atoms with van der Waals surface area (Å²) < 4.78 is 28.5. The number of rotatable bonds is 8. The van der Waals surface area contributed by atoms with Crippen molar-refractivity contribution in [1.82, 2.24) is 4.90 Å². The minimum Gasteiger partial charge on any atom is -0.478 e. The summed E-state index contributed by atoms with van der Waals surface area (Å²) in [4.78, 5) is 24.6. The number of ether oxygens (including phenoxy) is 1. The van der Waals surface area contributed by atoms with Crippen molar-refractivity contribution in [1.29, 1.82) is 0 Å². The molecule has 0 saturated carbocycles. The fourth-order valence-corrected chi connectivity index (χ4v) is 2.39. The van der Waals surface area contributed by atoms with Crippen LogP contribution in [0.4, 0.5) is 8.78 Å². The quantitative estimate of drug-likeness (QED) is 0.779. The molecular formula is C19H19F2NO4. The molecule has 0 spiro atoms. The molecule has 0 aliphatic carbocycles. The van der Waals surface area contributed by atoms with Crippen LogP contribution in [-0.2, 0) is 17.8 Å². The Balaban J connectivity index is 1.84. The van der Waals surface area contributed by atoms with Crippen LogP contribution in [0.5, 0.6) is 5.75 Å². The lowest BCUT2D eigenvalue weighted by Gasteiger charge is -2.17. The third kappa shape index (κ3) is 5.84. The van der Waals surface area contributed by atoms with E-state index in [1.54, 1.807) is 36.2 Å². The Hall–Kier alpha value is -2.96. The predicted octanol–water partition coefficient (Wildman–Crippen LogP) is 3.58. The Bertz CT molecular complexity index is 745. The topological polar surface area (TPSA) is 66.8 Å². The number of alkyl halides is 2. The van der Waals surface area contributed by atoms with Crippen LogP contribution >= 0.6 is 0 Å². The zero-order valence-corrected chi connectivity index (χ0v) is 14.2. The van der Waals surface area contributed by atoms with Gasteiger partial charge in [0, 0.05) is 20.0 Å². The molecule has 0 radical (unpaired) electrons. The molecule has 1 N–H and O–H groups in total. The molecule has 0 unspecified atom stereocenters. The smallest absolute Gasteiger partial charge is 0.387 e. The number of carbonyl (C=O) groups is 2. The van der Waals surface area contributed by atoms with Gasteiger partial charge < -0.3 is 14.7 Å². The summed E-state index contributed by atoms with van der Waals surface area (Å²) in [7, 11) is 1.67. The summed E-state index contributed by atoms with van der Waals surface area (Å²) in [6, 6.07) is 12.5. The third-order valence-electron chi connectivity index (χ3n) is 3.82. The molecule has 1 amide bonds. The van der Waals surface area contributed by atoms with Crippen LogP contribution in [0.25, 0.3) is 0 Å². The Kier molecular flexibility index (Phi) is 6.66.